The zero-order valence-electron chi connectivity index (χ0n) is 20.4. The van der Waals surface area contributed by atoms with Gasteiger partial charge in [0.1, 0.15) is 11.4 Å². The van der Waals surface area contributed by atoms with Gasteiger partial charge < -0.3 is 9.47 Å². The van der Waals surface area contributed by atoms with Gasteiger partial charge in [-0.2, -0.15) is 0 Å². The summed E-state index contributed by atoms with van der Waals surface area (Å²) in [6.45, 7) is 6.45. The standard InChI is InChI=1S/C28H33N3O3/c1-19-11-13-22(29-16-19)17-31(25-14-12-20-7-4-5-9-23(20)30-25)26(32)18-33-24-10-6-8-21-15-28(2,3)34-27(21)24/h6,8,10-11,13,16H,4-5,7,9,12,14-15,17-18H2,1-3H3. The SMILES string of the molecule is Cc1ccc(CN(C(=O)COc2cccc3c2OC(C)(C)C3)C2=NC3=C(CCCC3)CC2)nc1. The number of pyridine rings is 1. The normalized spacial score (nSPS) is 18.5. The highest BCUT2D eigenvalue weighted by molar-refractivity contribution is 5.99. The van der Waals surface area contributed by atoms with Crippen molar-refractivity contribution in [3.8, 4) is 11.5 Å². The first-order chi connectivity index (χ1) is 16.4. The van der Waals surface area contributed by atoms with E-state index >= 15 is 0 Å². The maximum atomic E-state index is 13.5. The lowest BCUT2D eigenvalue weighted by Crippen LogP contribution is -2.40. The number of para-hydroxylation sites is 1. The molecule has 0 N–H and O–H groups in total. The van der Waals surface area contributed by atoms with Crippen molar-refractivity contribution in [3.05, 3.63) is 64.6 Å². The molecule has 2 aromatic rings. The van der Waals surface area contributed by atoms with E-state index in [0.29, 0.717) is 12.3 Å². The summed E-state index contributed by atoms with van der Waals surface area (Å²) in [6, 6.07) is 9.89. The number of ether oxygens (including phenoxy) is 2. The van der Waals surface area contributed by atoms with Crippen molar-refractivity contribution in [3.63, 3.8) is 0 Å². The Morgan fingerprint density at radius 3 is 2.79 bits per heavy atom. The van der Waals surface area contributed by atoms with E-state index in [1.54, 1.807) is 4.90 Å². The number of aliphatic imine (C=N–C) groups is 1. The van der Waals surface area contributed by atoms with Gasteiger partial charge in [0.15, 0.2) is 18.1 Å². The molecular weight excluding hydrogens is 426 g/mol. The van der Waals surface area contributed by atoms with Crippen LogP contribution in [0.4, 0.5) is 0 Å². The lowest BCUT2D eigenvalue weighted by atomic mass is 9.91. The van der Waals surface area contributed by atoms with Gasteiger partial charge in [-0.05, 0) is 76.1 Å². The molecule has 0 radical (unpaired) electrons. The van der Waals surface area contributed by atoms with Crippen LogP contribution >= 0.6 is 0 Å². The zero-order chi connectivity index (χ0) is 23.7. The van der Waals surface area contributed by atoms with Crippen molar-refractivity contribution >= 4 is 11.7 Å². The Bertz CT molecular complexity index is 1150. The van der Waals surface area contributed by atoms with Gasteiger partial charge in [0.25, 0.3) is 5.91 Å². The number of rotatable bonds is 5. The van der Waals surface area contributed by atoms with Crippen LogP contribution in [0.3, 0.4) is 0 Å². The molecule has 3 aliphatic rings. The van der Waals surface area contributed by atoms with Crippen molar-refractivity contribution in [2.75, 3.05) is 6.61 Å². The van der Waals surface area contributed by atoms with Crippen molar-refractivity contribution < 1.29 is 14.3 Å². The third-order valence-electron chi connectivity index (χ3n) is 6.78. The summed E-state index contributed by atoms with van der Waals surface area (Å²) < 4.78 is 12.1. The molecule has 1 aliphatic carbocycles. The summed E-state index contributed by atoms with van der Waals surface area (Å²) in [4.78, 5) is 24.8. The van der Waals surface area contributed by atoms with Crippen LogP contribution in [0.25, 0.3) is 0 Å². The molecule has 1 amide bonds. The van der Waals surface area contributed by atoms with Crippen LogP contribution in [0, 0.1) is 6.92 Å². The summed E-state index contributed by atoms with van der Waals surface area (Å²) in [6.07, 6.45) is 8.97. The van der Waals surface area contributed by atoms with Gasteiger partial charge >= 0.3 is 0 Å². The van der Waals surface area contributed by atoms with Crippen LogP contribution in [0.15, 0.2) is 52.8 Å². The van der Waals surface area contributed by atoms with Gasteiger partial charge in [-0.25, -0.2) is 4.99 Å². The number of aromatic nitrogens is 1. The zero-order valence-corrected chi connectivity index (χ0v) is 20.4. The molecule has 1 aromatic heterocycles. The smallest absolute Gasteiger partial charge is 0.266 e. The second-order valence-corrected chi connectivity index (χ2v) is 10.2. The molecule has 6 heteroatoms. The number of fused-ring (bicyclic) bond motifs is 1. The number of amidine groups is 1. The molecular formula is C28H33N3O3. The first-order valence-corrected chi connectivity index (χ1v) is 12.3. The molecule has 5 rings (SSSR count). The van der Waals surface area contributed by atoms with Crippen molar-refractivity contribution in [1.82, 2.24) is 9.88 Å². The monoisotopic (exact) mass is 459 g/mol. The molecule has 0 atom stereocenters. The number of carbonyl (C=O) groups excluding carboxylic acids is 1. The van der Waals surface area contributed by atoms with Gasteiger partial charge in [0.2, 0.25) is 0 Å². The molecule has 0 fully saturated rings. The maximum Gasteiger partial charge on any atom is 0.266 e. The first kappa shape index (κ1) is 22.6. The first-order valence-electron chi connectivity index (χ1n) is 12.3. The van der Waals surface area contributed by atoms with Crippen LogP contribution in [-0.4, -0.2) is 33.8 Å². The predicted octanol–water partition coefficient (Wildman–Crippen LogP) is 5.53. The van der Waals surface area contributed by atoms with E-state index in [9.17, 15) is 4.79 Å². The van der Waals surface area contributed by atoms with E-state index in [1.807, 2.05) is 37.4 Å². The number of hydrogen-bond acceptors (Lipinski definition) is 5. The molecule has 1 aromatic carbocycles. The van der Waals surface area contributed by atoms with Crippen LogP contribution in [0.5, 0.6) is 11.5 Å². The minimum atomic E-state index is -0.267. The number of allylic oxidation sites excluding steroid dienone is 2. The number of amides is 1. The van der Waals surface area contributed by atoms with Crippen LogP contribution in [-0.2, 0) is 17.8 Å². The third kappa shape index (κ3) is 4.86. The Morgan fingerprint density at radius 2 is 1.97 bits per heavy atom. The summed E-state index contributed by atoms with van der Waals surface area (Å²) in [7, 11) is 0. The molecule has 2 aliphatic heterocycles. The topological polar surface area (TPSA) is 64.0 Å². The molecule has 0 unspecified atom stereocenters. The summed E-state index contributed by atoms with van der Waals surface area (Å²) in [5.41, 5.74) is 5.43. The minimum absolute atomic E-state index is 0.0724. The fraction of sp³-hybridized carbons (Fsp3) is 0.464. The molecule has 6 nitrogen and oxygen atoms in total. The van der Waals surface area contributed by atoms with E-state index < -0.39 is 0 Å². The highest BCUT2D eigenvalue weighted by Crippen LogP contribution is 2.41. The van der Waals surface area contributed by atoms with E-state index in [2.05, 4.69) is 24.9 Å². The highest BCUT2D eigenvalue weighted by Gasteiger charge is 2.33. The second-order valence-electron chi connectivity index (χ2n) is 10.2. The fourth-order valence-corrected chi connectivity index (χ4v) is 5.02. The molecule has 0 saturated carbocycles. The second kappa shape index (κ2) is 9.24. The van der Waals surface area contributed by atoms with E-state index in [-0.39, 0.29) is 18.1 Å². The van der Waals surface area contributed by atoms with E-state index in [1.165, 1.54) is 24.1 Å². The van der Waals surface area contributed by atoms with Crippen molar-refractivity contribution in [2.24, 2.45) is 4.99 Å². The number of hydrogen-bond donors (Lipinski definition) is 0. The molecule has 0 saturated heterocycles. The molecule has 0 bridgehead atoms. The summed E-state index contributed by atoms with van der Waals surface area (Å²) in [5.74, 6) is 2.08. The van der Waals surface area contributed by atoms with Crippen LogP contribution in [0.1, 0.15) is 69.2 Å². The van der Waals surface area contributed by atoms with Crippen LogP contribution < -0.4 is 9.47 Å². The lowest BCUT2D eigenvalue weighted by molar-refractivity contribution is -0.130. The Labute approximate surface area is 201 Å². The quantitative estimate of drug-likeness (QED) is 0.590. The minimum Gasteiger partial charge on any atom is -0.483 e. The molecule has 178 valence electrons. The average Bonchev–Trinajstić information content (AvgIpc) is 3.16. The maximum absolute atomic E-state index is 13.5. The van der Waals surface area contributed by atoms with Crippen LogP contribution in [0.2, 0.25) is 0 Å². The van der Waals surface area contributed by atoms with E-state index in [0.717, 1.165) is 60.5 Å². The predicted molar refractivity (Wildman–Crippen MR) is 132 cm³/mol. The van der Waals surface area contributed by atoms with Crippen molar-refractivity contribution in [2.45, 2.75) is 77.9 Å². The Kier molecular flexibility index (Phi) is 6.15. The van der Waals surface area contributed by atoms with Gasteiger partial charge in [-0.15, -0.1) is 0 Å². The van der Waals surface area contributed by atoms with Gasteiger partial charge in [0.05, 0.1) is 12.2 Å². The lowest BCUT2D eigenvalue weighted by Gasteiger charge is -2.29. The largest absolute Gasteiger partial charge is 0.483 e. The van der Waals surface area contributed by atoms with E-state index in [4.69, 9.17) is 14.5 Å². The summed E-state index contributed by atoms with van der Waals surface area (Å²) in [5, 5.41) is 0. The number of benzene rings is 1. The molecule has 34 heavy (non-hydrogen) atoms. The van der Waals surface area contributed by atoms with Gasteiger partial charge in [-0.1, -0.05) is 18.2 Å². The number of aryl methyl sites for hydroxylation is 1. The highest BCUT2D eigenvalue weighted by atomic mass is 16.5. The van der Waals surface area contributed by atoms with Gasteiger partial charge in [0, 0.05) is 30.3 Å². The van der Waals surface area contributed by atoms with Crippen molar-refractivity contribution in [1.29, 1.82) is 0 Å². The average molecular weight is 460 g/mol. The Hall–Kier alpha value is -3.15. The Morgan fingerprint density at radius 1 is 1.12 bits per heavy atom. The molecule has 0 spiro atoms. The Balaban J connectivity index is 1.37. The summed E-state index contributed by atoms with van der Waals surface area (Å²) >= 11 is 0. The number of carbonyl (C=O) groups is 1. The van der Waals surface area contributed by atoms with Gasteiger partial charge in [-0.3, -0.25) is 14.7 Å². The third-order valence-corrected chi connectivity index (χ3v) is 6.78. The molecule has 3 heterocycles. The fourth-order valence-electron chi connectivity index (χ4n) is 5.02. The number of nitrogens with zero attached hydrogens (tertiary/aromatic N) is 3.